The second-order valence-electron chi connectivity index (χ2n) is 8.26. The summed E-state index contributed by atoms with van der Waals surface area (Å²) in [6, 6.07) is 21.2. The summed E-state index contributed by atoms with van der Waals surface area (Å²) < 4.78 is 0. The van der Waals surface area contributed by atoms with Crippen molar-refractivity contribution in [3.63, 3.8) is 0 Å². The molecule has 5 rings (SSSR count). The minimum absolute atomic E-state index is 0.0221. The molecule has 0 spiro atoms. The molecule has 1 saturated heterocycles. The molecule has 0 saturated carbocycles. The zero-order chi connectivity index (χ0) is 23.7. The molecule has 172 valence electrons. The van der Waals surface area contributed by atoms with Gasteiger partial charge in [0.05, 0.1) is 16.8 Å². The summed E-state index contributed by atoms with van der Waals surface area (Å²) in [6.07, 6.45) is 5.45. The van der Waals surface area contributed by atoms with Crippen molar-refractivity contribution in [2.75, 3.05) is 24.5 Å². The second kappa shape index (κ2) is 9.75. The molecule has 3 aromatic carbocycles. The van der Waals surface area contributed by atoms with Crippen molar-refractivity contribution in [2.24, 2.45) is 0 Å². The van der Waals surface area contributed by atoms with Gasteiger partial charge in [-0.2, -0.15) is 0 Å². The van der Waals surface area contributed by atoms with Crippen molar-refractivity contribution in [2.45, 2.75) is 6.04 Å². The van der Waals surface area contributed by atoms with E-state index < -0.39 is 0 Å². The van der Waals surface area contributed by atoms with Crippen LogP contribution in [-0.4, -0.2) is 35.4 Å². The number of nitrogens with one attached hydrogen (secondary N) is 1. The van der Waals surface area contributed by atoms with Crippen LogP contribution in [0.4, 0.5) is 5.69 Å². The van der Waals surface area contributed by atoms with Crippen LogP contribution < -0.4 is 4.90 Å². The molecule has 34 heavy (non-hydrogen) atoms. The highest BCUT2D eigenvalue weighted by Gasteiger charge is 2.31. The number of carbonyl (C=O) groups is 1. The van der Waals surface area contributed by atoms with E-state index in [2.05, 4.69) is 9.88 Å². The van der Waals surface area contributed by atoms with Gasteiger partial charge in [0.15, 0.2) is 0 Å². The number of H-pyrrole nitrogens is 1. The van der Waals surface area contributed by atoms with Crippen molar-refractivity contribution >= 4 is 63.4 Å². The Balaban J connectivity index is 1.41. The Kier molecular flexibility index (Phi) is 6.55. The quantitative estimate of drug-likeness (QED) is 0.294. The van der Waals surface area contributed by atoms with Gasteiger partial charge < -0.3 is 14.8 Å². The molecule has 7 heteroatoms. The highest BCUT2D eigenvalue weighted by atomic mass is 35.5. The van der Waals surface area contributed by atoms with Crippen molar-refractivity contribution in [3.05, 3.63) is 105 Å². The van der Waals surface area contributed by atoms with Crippen molar-refractivity contribution in [3.8, 4) is 0 Å². The summed E-state index contributed by atoms with van der Waals surface area (Å²) in [5.74, 6) is -0.0221. The summed E-state index contributed by atoms with van der Waals surface area (Å²) in [7, 11) is 0. The minimum Gasteiger partial charge on any atom is -0.361 e. The lowest BCUT2D eigenvalue weighted by atomic mass is 10.0. The predicted octanol–water partition coefficient (Wildman–Crippen LogP) is 7.23. The van der Waals surface area contributed by atoms with Gasteiger partial charge in [-0.15, -0.1) is 0 Å². The largest absolute Gasteiger partial charge is 0.361 e. The number of benzene rings is 3. The van der Waals surface area contributed by atoms with Crippen LogP contribution >= 0.6 is 34.8 Å². The zero-order valence-electron chi connectivity index (χ0n) is 18.2. The molecule has 0 radical (unpaired) electrons. The number of rotatable bonds is 4. The molecule has 1 N–H and O–H groups in total. The van der Waals surface area contributed by atoms with E-state index in [9.17, 15) is 4.79 Å². The predicted molar refractivity (Wildman–Crippen MR) is 142 cm³/mol. The summed E-state index contributed by atoms with van der Waals surface area (Å²) in [5.41, 5.74) is 4.00. The van der Waals surface area contributed by atoms with Crippen molar-refractivity contribution < 1.29 is 4.79 Å². The van der Waals surface area contributed by atoms with E-state index in [0.29, 0.717) is 34.7 Å². The van der Waals surface area contributed by atoms with E-state index in [1.807, 2.05) is 77.8 Å². The molecule has 2 heterocycles. The first-order valence-electron chi connectivity index (χ1n) is 11.0. The van der Waals surface area contributed by atoms with E-state index in [1.165, 1.54) is 0 Å². The number of para-hydroxylation sites is 1. The number of hydrogen-bond donors (Lipinski definition) is 1. The maximum Gasteiger partial charge on any atom is 0.246 e. The average molecular weight is 511 g/mol. The van der Waals surface area contributed by atoms with Crippen LogP contribution in [0.2, 0.25) is 15.1 Å². The third-order valence-corrected chi connectivity index (χ3v) is 6.98. The lowest BCUT2D eigenvalue weighted by Crippen LogP contribution is -2.50. The van der Waals surface area contributed by atoms with Gasteiger partial charge in [0.2, 0.25) is 5.91 Å². The molecule has 1 amide bonds. The first-order chi connectivity index (χ1) is 16.5. The molecule has 1 fully saturated rings. The van der Waals surface area contributed by atoms with E-state index in [0.717, 1.165) is 27.7 Å². The van der Waals surface area contributed by atoms with Gasteiger partial charge in [0.25, 0.3) is 0 Å². The Bertz CT molecular complexity index is 1360. The van der Waals surface area contributed by atoms with Gasteiger partial charge in [-0.05, 0) is 53.6 Å². The highest BCUT2D eigenvalue weighted by Crippen LogP contribution is 2.37. The fraction of sp³-hybridized carbons (Fsp3) is 0.148. The number of nitrogens with zero attached hydrogens (tertiary/aromatic N) is 2. The average Bonchev–Trinajstić information content (AvgIpc) is 3.26. The molecular weight excluding hydrogens is 489 g/mol. The molecule has 0 bridgehead atoms. The Labute approximate surface area is 213 Å². The standard InChI is InChI=1S/C27H22Cl3N3O/c28-20-8-5-18(6-9-20)26-17-32(13-14-33(26)25-11-10-21(29)15-23(25)30)27(34)12-7-19-16-31-24-4-2-1-3-22(19)24/h1-12,15-16,26,31H,13-14,17H2. The number of hydrogen-bond acceptors (Lipinski definition) is 2. The van der Waals surface area contributed by atoms with Gasteiger partial charge in [0, 0.05) is 52.9 Å². The van der Waals surface area contributed by atoms with Gasteiger partial charge in [-0.3, -0.25) is 4.79 Å². The Morgan fingerprint density at radius 2 is 1.71 bits per heavy atom. The van der Waals surface area contributed by atoms with Crippen LogP contribution in [0.1, 0.15) is 17.2 Å². The molecule has 1 atom stereocenters. The Hall–Kier alpha value is -2.92. The number of aromatic nitrogens is 1. The van der Waals surface area contributed by atoms with E-state index in [4.69, 9.17) is 34.8 Å². The SMILES string of the molecule is O=C(C=Cc1c[nH]c2ccccc12)N1CCN(c2ccc(Cl)cc2Cl)C(c2ccc(Cl)cc2)C1. The minimum atomic E-state index is -0.0740. The second-order valence-corrected chi connectivity index (χ2v) is 9.54. The van der Waals surface area contributed by atoms with E-state index >= 15 is 0 Å². The number of aromatic amines is 1. The number of piperazine rings is 1. The summed E-state index contributed by atoms with van der Waals surface area (Å²) in [5, 5.41) is 2.94. The van der Waals surface area contributed by atoms with E-state index in [1.54, 1.807) is 12.1 Å². The summed E-state index contributed by atoms with van der Waals surface area (Å²) in [6.45, 7) is 1.75. The van der Waals surface area contributed by atoms with Crippen LogP contribution in [0.5, 0.6) is 0 Å². The van der Waals surface area contributed by atoms with Gasteiger partial charge in [-0.1, -0.05) is 65.1 Å². The molecule has 1 aromatic heterocycles. The first-order valence-corrected chi connectivity index (χ1v) is 12.1. The third kappa shape index (κ3) is 4.67. The summed E-state index contributed by atoms with van der Waals surface area (Å²) >= 11 is 18.8. The lowest BCUT2D eigenvalue weighted by Gasteiger charge is -2.43. The topological polar surface area (TPSA) is 39.3 Å². The zero-order valence-corrected chi connectivity index (χ0v) is 20.5. The molecule has 4 aromatic rings. The number of carbonyl (C=O) groups excluding carboxylic acids is 1. The molecule has 1 aliphatic heterocycles. The smallest absolute Gasteiger partial charge is 0.246 e. The fourth-order valence-corrected chi connectivity index (χ4v) is 5.10. The van der Waals surface area contributed by atoms with Crippen LogP contribution in [-0.2, 0) is 4.79 Å². The van der Waals surface area contributed by atoms with Crippen LogP contribution in [0.15, 0.2) is 79.0 Å². The number of anilines is 1. The Morgan fingerprint density at radius 3 is 2.50 bits per heavy atom. The number of amides is 1. The van der Waals surface area contributed by atoms with Crippen LogP contribution in [0.25, 0.3) is 17.0 Å². The van der Waals surface area contributed by atoms with Crippen LogP contribution in [0, 0.1) is 0 Å². The highest BCUT2D eigenvalue weighted by molar-refractivity contribution is 6.36. The van der Waals surface area contributed by atoms with Crippen LogP contribution in [0.3, 0.4) is 0 Å². The molecule has 1 unspecified atom stereocenters. The Morgan fingerprint density at radius 1 is 0.941 bits per heavy atom. The summed E-state index contributed by atoms with van der Waals surface area (Å²) in [4.78, 5) is 20.5. The molecule has 1 aliphatic rings. The number of fused-ring (bicyclic) bond motifs is 1. The third-order valence-electron chi connectivity index (χ3n) is 6.19. The normalized spacial score (nSPS) is 16.5. The van der Waals surface area contributed by atoms with Crippen molar-refractivity contribution in [1.82, 2.24) is 9.88 Å². The lowest BCUT2D eigenvalue weighted by molar-refractivity contribution is -0.126. The maximum atomic E-state index is 13.2. The first kappa shape index (κ1) is 22.9. The molecule has 0 aliphatic carbocycles. The molecular formula is C27H22Cl3N3O. The van der Waals surface area contributed by atoms with Crippen molar-refractivity contribution in [1.29, 1.82) is 0 Å². The van der Waals surface area contributed by atoms with Gasteiger partial charge in [-0.25, -0.2) is 0 Å². The van der Waals surface area contributed by atoms with E-state index in [-0.39, 0.29) is 11.9 Å². The molecule has 4 nitrogen and oxygen atoms in total. The monoisotopic (exact) mass is 509 g/mol. The maximum absolute atomic E-state index is 13.2. The number of halogens is 3. The fourth-order valence-electron chi connectivity index (χ4n) is 4.45. The van der Waals surface area contributed by atoms with Gasteiger partial charge >= 0.3 is 0 Å². The van der Waals surface area contributed by atoms with Gasteiger partial charge in [0.1, 0.15) is 0 Å².